The summed E-state index contributed by atoms with van der Waals surface area (Å²) in [6, 6.07) is 14.6. The summed E-state index contributed by atoms with van der Waals surface area (Å²) in [4.78, 5) is 25.4. The number of esters is 1. The summed E-state index contributed by atoms with van der Waals surface area (Å²) in [6.07, 6.45) is 0.593. The number of hydrogen-bond acceptors (Lipinski definition) is 4. The fraction of sp³-hybridized carbons (Fsp3) is 0.292. The second kappa shape index (κ2) is 10.0. The Balaban J connectivity index is 1.82. The zero-order chi connectivity index (χ0) is 22.4. The standard InChI is InChI=1S/C24H26FN3O3/c1-4-31-24(30)23(26-21(29)15-12-18-10-13-19(25)14-11-18)22-16(2)27-28(17(22)3)20-8-6-5-7-9-20/h5-11,13-14,23H,4,12,15H2,1-3H3,(H,26,29). The minimum Gasteiger partial charge on any atom is -0.464 e. The summed E-state index contributed by atoms with van der Waals surface area (Å²) in [5, 5.41) is 7.38. The third kappa shape index (κ3) is 5.36. The largest absolute Gasteiger partial charge is 0.464 e. The van der Waals surface area contributed by atoms with Crippen LogP contribution in [0.15, 0.2) is 54.6 Å². The second-order valence-electron chi connectivity index (χ2n) is 7.21. The van der Waals surface area contributed by atoms with Crippen LogP contribution in [0.5, 0.6) is 0 Å². The number of nitrogens with zero attached hydrogens (tertiary/aromatic N) is 2. The summed E-state index contributed by atoms with van der Waals surface area (Å²) in [5.74, 6) is -1.15. The van der Waals surface area contributed by atoms with Crippen LogP contribution in [-0.2, 0) is 20.7 Å². The van der Waals surface area contributed by atoms with Crippen molar-refractivity contribution in [1.29, 1.82) is 0 Å². The van der Waals surface area contributed by atoms with E-state index in [2.05, 4.69) is 10.4 Å². The molecule has 0 radical (unpaired) electrons. The van der Waals surface area contributed by atoms with Crippen LogP contribution in [0.1, 0.15) is 41.9 Å². The molecule has 3 aromatic rings. The summed E-state index contributed by atoms with van der Waals surface area (Å²) in [7, 11) is 0. The van der Waals surface area contributed by atoms with Crippen LogP contribution in [0.2, 0.25) is 0 Å². The number of amides is 1. The molecule has 0 spiro atoms. The Bertz CT molecular complexity index is 1050. The zero-order valence-corrected chi connectivity index (χ0v) is 17.9. The number of para-hydroxylation sites is 1. The van der Waals surface area contributed by atoms with E-state index in [0.717, 1.165) is 16.9 Å². The molecule has 0 aliphatic heterocycles. The van der Waals surface area contributed by atoms with Crippen molar-refractivity contribution >= 4 is 11.9 Å². The normalized spacial score (nSPS) is 11.7. The van der Waals surface area contributed by atoms with Gasteiger partial charge in [-0.2, -0.15) is 5.10 Å². The highest BCUT2D eigenvalue weighted by molar-refractivity contribution is 5.86. The molecule has 1 N–H and O–H groups in total. The molecule has 0 fully saturated rings. The first-order valence-electron chi connectivity index (χ1n) is 10.2. The lowest BCUT2D eigenvalue weighted by Gasteiger charge is -2.18. The molecule has 31 heavy (non-hydrogen) atoms. The number of nitrogens with one attached hydrogen (secondary N) is 1. The van der Waals surface area contributed by atoms with Crippen LogP contribution in [0.4, 0.5) is 4.39 Å². The average Bonchev–Trinajstić information content (AvgIpc) is 3.06. The topological polar surface area (TPSA) is 73.2 Å². The Hall–Kier alpha value is -3.48. The van der Waals surface area contributed by atoms with Gasteiger partial charge in [0.05, 0.1) is 18.0 Å². The first-order valence-corrected chi connectivity index (χ1v) is 10.2. The summed E-state index contributed by atoms with van der Waals surface area (Å²) in [6.45, 7) is 5.59. The third-order valence-corrected chi connectivity index (χ3v) is 5.02. The molecular weight excluding hydrogens is 397 g/mol. The van der Waals surface area contributed by atoms with Crippen molar-refractivity contribution in [3.8, 4) is 5.69 Å². The predicted molar refractivity (Wildman–Crippen MR) is 115 cm³/mol. The van der Waals surface area contributed by atoms with Gasteiger partial charge in [-0.05, 0) is 57.0 Å². The summed E-state index contributed by atoms with van der Waals surface area (Å²) in [5.41, 5.74) is 3.71. The number of aryl methyl sites for hydroxylation is 2. The highest BCUT2D eigenvalue weighted by Crippen LogP contribution is 2.25. The Kier molecular flexibility index (Phi) is 7.18. The Morgan fingerprint density at radius 2 is 1.77 bits per heavy atom. The molecule has 1 atom stereocenters. The molecule has 3 rings (SSSR count). The van der Waals surface area contributed by atoms with E-state index in [1.165, 1.54) is 12.1 Å². The van der Waals surface area contributed by atoms with E-state index in [0.29, 0.717) is 17.7 Å². The molecule has 0 aliphatic carbocycles. The number of aromatic nitrogens is 2. The maximum Gasteiger partial charge on any atom is 0.333 e. The monoisotopic (exact) mass is 423 g/mol. The highest BCUT2D eigenvalue weighted by atomic mass is 19.1. The minimum absolute atomic E-state index is 0.159. The van der Waals surface area contributed by atoms with Crippen molar-refractivity contribution in [1.82, 2.24) is 15.1 Å². The van der Waals surface area contributed by atoms with Crippen molar-refractivity contribution in [2.45, 2.75) is 39.7 Å². The van der Waals surface area contributed by atoms with Gasteiger partial charge in [0, 0.05) is 17.7 Å². The van der Waals surface area contributed by atoms with Crippen molar-refractivity contribution in [2.24, 2.45) is 0 Å². The molecule has 0 bridgehead atoms. The second-order valence-corrected chi connectivity index (χ2v) is 7.21. The molecule has 1 aromatic heterocycles. The number of carbonyl (C=O) groups is 2. The van der Waals surface area contributed by atoms with Gasteiger partial charge in [-0.25, -0.2) is 13.9 Å². The minimum atomic E-state index is -0.960. The fourth-order valence-electron chi connectivity index (χ4n) is 3.51. The SMILES string of the molecule is CCOC(=O)C(NC(=O)CCc1ccc(F)cc1)c1c(C)nn(-c2ccccc2)c1C. The Labute approximate surface area is 181 Å². The molecule has 1 amide bonds. The van der Waals surface area contributed by atoms with E-state index >= 15 is 0 Å². The van der Waals surface area contributed by atoms with Crippen molar-refractivity contribution in [3.05, 3.63) is 82.9 Å². The van der Waals surface area contributed by atoms with E-state index in [4.69, 9.17) is 4.74 Å². The molecule has 2 aromatic carbocycles. The molecule has 7 heteroatoms. The molecule has 1 unspecified atom stereocenters. The number of benzene rings is 2. The van der Waals surface area contributed by atoms with Crippen LogP contribution < -0.4 is 5.32 Å². The average molecular weight is 423 g/mol. The molecule has 1 heterocycles. The van der Waals surface area contributed by atoms with Crippen molar-refractivity contribution in [2.75, 3.05) is 6.61 Å². The number of carbonyl (C=O) groups excluding carboxylic acids is 2. The lowest BCUT2D eigenvalue weighted by Crippen LogP contribution is -2.35. The van der Waals surface area contributed by atoms with Crippen LogP contribution in [0.25, 0.3) is 5.69 Å². The Morgan fingerprint density at radius 1 is 1.10 bits per heavy atom. The molecule has 0 aliphatic rings. The predicted octanol–water partition coefficient (Wildman–Crippen LogP) is 3.98. The quantitative estimate of drug-likeness (QED) is 0.556. The fourth-order valence-corrected chi connectivity index (χ4v) is 3.51. The highest BCUT2D eigenvalue weighted by Gasteiger charge is 2.30. The molecule has 6 nitrogen and oxygen atoms in total. The number of rotatable bonds is 8. The maximum atomic E-state index is 13.1. The maximum absolute atomic E-state index is 13.1. The zero-order valence-electron chi connectivity index (χ0n) is 17.9. The van der Waals surface area contributed by atoms with Gasteiger partial charge in [-0.15, -0.1) is 0 Å². The van der Waals surface area contributed by atoms with Gasteiger partial charge < -0.3 is 10.1 Å². The van der Waals surface area contributed by atoms with Gasteiger partial charge in [0.1, 0.15) is 5.82 Å². The summed E-state index contributed by atoms with van der Waals surface area (Å²) >= 11 is 0. The lowest BCUT2D eigenvalue weighted by molar-refractivity contribution is -0.147. The molecule has 0 saturated carbocycles. The van der Waals surface area contributed by atoms with Crippen LogP contribution >= 0.6 is 0 Å². The van der Waals surface area contributed by atoms with E-state index in [-0.39, 0.29) is 24.8 Å². The van der Waals surface area contributed by atoms with Gasteiger partial charge in [-0.3, -0.25) is 4.79 Å². The first kappa shape index (κ1) is 22.2. The molecule has 0 saturated heterocycles. The van der Waals surface area contributed by atoms with Crippen molar-refractivity contribution < 1.29 is 18.7 Å². The van der Waals surface area contributed by atoms with E-state index in [9.17, 15) is 14.0 Å². The van der Waals surface area contributed by atoms with E-state index in [1.54, 1.807) is 30.7 Å². The number of hydrogen-bond donors (Lipinski definition) is 1. The van der Waals surface area contributed by atoms with Crippen molar-refractivity contribution in [3.63, 3.8) is 0 Å². The smallest absolute Gasteiger partial charge is 0.333 e. The molecular formula is C24H26FN3O3. The van der Waals surface area contributed by atoms with Crippen LogP contribution in [0, 0.1) is 19.7 Å². The van der Waals surface area contributed by atoms with Gasteiger partial charge >= 0.3 is 5.97 Å². The van der Waals surface area contributed by atoms with Crippen LogP contribution in [-0.4, -0.2) is 28.3 Å². The Morgan fingerprint density at radius 3 is 2.42 bits per heavy atom. The van der Waals surface area contributed by atoms with E-state index in [1.807, 2.05) is 37.3 Å². The van der Waals surface area contributed by atoms with E-state index < -0.39 is 12.0 Å². The van der Waals surface area contributed by atoms with Gasteiger partial charge in [0.15, 0.2) is 6.04 Å². The van der Waals surface area contributed by atoms with Gasteiger partial charge in [-0.1, -0.05) is 30.3 Å². The number of ether oxygens (including phenoxy) is 1. The first-order chi connectivity index (χ1) is 14.9. The summed E-state index contributed by atoms with van der Waals surface area (Å²) < 4.78 is 20.0. The molecule has 162 valence electrons. The lowest BCUT2D eigenvalue weighted by atomic mass is 10.0. The van der Waals surface area contributed by atoms with Gasteiger partial charge in [0.2, 0.25) is 5.91 Å². The third-order valence-electron chi connectivity index (χ3n) is 5.02. The van der Waals surface area contributed by atoms with Gasteiger partial charge in [0.25, 0.3) is 0 Å². The number of halogens is 1. The van der Waals surface area contributed by atoms with Crippen LogP contribution in [0.3, 0.4) is 0 Å².